The maximum Gasteiger partial charge on any atom is 0.200 e. The van der Waals surface area contributed by atoms with E-state index < -0.39 is 53.7 Å². The monoisotopic (exact) mass is 302 g/mol. The highest BCUT2D eigenvalue weighted by Crippen LogP contribution is 2.36. The van der Waals surface area contributed by atoms with Gasteiger partial charge < -0.3 is 40.5 Å². The first kappa shape index (κ1) is 15.5. The molecule has 9 nitrogen and oxygen atoms in total. The summed E-state index contributed by atoms with van der Waals surface area (Å²) in [6, 6.07) is 1.60. The molecule has 0 aromatic heterocycles. The van der Waals surface area contributed by atoms with Crippen molar-refractivity contribution in [1.29, 1.82) is 0 Å². The van der Waals surface area contributed by atoms with E-state index in [0.29, 0.717) is 0 Å². The maximum atomic E-state index is 12.0. The molecular formula is C12H14O9. The summed E-state index contributed by atoms with van der Waals surface area (Å²) >= 11 is 0. The number of Topliss-reactive ketones (excluding diaryl/α,β-unsaturated/α-hetero) is 1. The summed E-state index contributed by atoms with van der Waals surface area (Å²) in [5.74, 6) is -3.44. The lowest BCUT2D eigenvalue weighted by Gasteiger charge is -2.19. The van der Waals surface area contributed by atoms with Crippen LogP contribution >= 0.6 is 0 Å². The highest BCUT2D eigenvalue weighted by atomic mass is 16.6. The molecule has 0 amide bonds. The van der Waals surface area contributed by atoms with Crippen molar-refractivity contribution in [3.63, 3.8) is 0 Å². The topological polar surface area (TPSA) is 168 Å². The highest BCUT2D eigenvalue weighted by molar-refractivity contribution is 6.00. The van der Waals surface area contributed by atoms with Crippen LogP contribution in [-0.2, 0) is 4.74 Å². The highest BCUT2D eigenvalue weighted by Gasteiger charge is 2.47. The second-order valence-corrected chi connectivity index (χ2v) is 4.64. The van der Waals surface area contributed by atoms with Gasteiger partial charge in [0, 0.05) is 5.56 Å². The number of aliphatic hydroxyl groups excluding tert-OH is 4. The van der Waals surface area contributed by atoms with Crippen LogP contribution in [0.3, 0.4) is 0 Å². The zero-order chi connectivity index (χ0) is 15.9. The molecule has 1 aliphatic rings. The first-order valence-electron chi connectivity index (χ1n) is 5.91. The summed E-state index contributed by atoms with van der Waals surface area (Å²) in [5, 5.41) is 65.7. The van der Waals surface area contributed by atoms with Crippen molar-refractivity contribution in [2.24, 2.45) is 0 Å². The fourth-order valence-corrected chi connectivity index (χ4v) is 2.01. The van der Waals surface area contributed by atoms with E-state index in [1.165, 1.54) is 0 Å². The number of carbonyl (C=O) groups is 1. The summed E-state index contributed by atoms with van der Waals surface area (Å²) in [4.78, 5) is 12.0. The van der Waals surface area contributed by atoms with Gasteiger partial charge in [-0.25, -0.2) is 0 Å². The lowest BCUT2D eigenvalue weighted by atomic mass is 9.97. The lowest BCUT2D eigenvalue weighted by Crippen LogP contribution is -2.42. The van der Waals surface area contributed by atoms with Gasteiger partial charge in [-0.2, -0.15) is 0 Å². The fourth-order valence-electron chi connectivity index (χ4n) is 2.01. The Morgan fingerprint density at radius 1 is 1.05 bits per heavy atom. The number of ketones is 1. The van der Waals surface area contributed by atoms with Crippen molar-refractivity contribution < 1.29 is 45.3 Å². The zero-order valence-electron chi connectivity index (χ0n) is 10.5. The number of ether oxygens (including phenoxy) is 1. The van der Waals surface area contributed by atoms with Crippen molar-refractivity contribution in [1.82, 2.24) is 0 Å². The summed E-state index contributed by atoms with van der Waals surface area (Å²) in [6.07, 6.45) is -8.68. The molecule has 7 N–H and O–H groups in total. The van der Waals surface area contributed by atoms with Gasteiger partial charge in [-0.3, -0.25) is 4.79 Å². The molecular weight excluding hydrogens is 288 g/mol. The molecule has 1 aromatic carbocycles. The Labute approximate surface area is 117 Å². The van der Waals surface area contributed by atoms with Gasteiger partial charge in [0.15, 0.2) is 29.3 Å². The number of benzene rings is 1. The van der Waals surface area contributed by atoms with Crippen LogP contribution in [0.1, 0.15) is 10.4 Å². The second-order valence-electron chi connectivity index (χ2n) is 4.64. The van der Waals surface area contributed by atoms with E-state index in [4.69, 9.17) is 5.11 Å². The Hall–Kier alpha value is -1.91. The molecule has 0 spiro atoms. The average Bonchev–Trinajstić information content (AvgIpc) is 2.70. The number of aromatic hydroxyl groups is 3. The minimum absolute atomic E-state index is 0.359. The minimum Gasteiger partial charge on any atom is -0.504 e. The summed E-state index contributed by atoms with van der Waals surface area (Å²) < 4.78 is 4.68. The SMILES string of the molecule is O=C(c1cc(O)c(O)c(O)c1)C(O)[C@H]1OC(O)[C@@H](O)[C@@H]1O. The normalized spacial score (nSPS) is 30.3. The van der Waals surface area contributed by atoms with Crippen LogP contribution in [0.4, 0.5) is 0 Å². The van der Waals surface area contributed by atoms with Crippen molar-refractivity contribution >= 4 is 5.78 Å². The Morgan fingerprint density at radius 3 is 2.00 bits per heavy atom. The van der Waals surface area contributed by atoms with Crippen LogP contribution in [-0.4, -0.2) is 72.2 Å². The van der Waals surface area contributed by atoms with Gasteiger partial charge in [0.2, 0.25) is 0 Å². The van der Waals surface area contributed by atoms with Gasteiger partial charge in [-0.1, -0.05) is 0 Å². The molecule has 2 unspecified atom stereocenters. The third kappa shape index (κ3) is 2.64. The molecule has 1 fully saturated rings. The number of hydrogen-bond donors (Lipinski definition) is 7. The molecule has 1 saturated heterocycles. The van der Waals surface area contributed by atoms with Gasteiger partial charge in [0.05, 0.1) is 0 Å². The van der Waals surface area contributed by atoms with E-state index in [-0.39, 0.29) is 5.56 Å². The molecule has 116 valence electrons. The molecule has 0 bridgehead atoms. The van der Waals surface area contributed by atoms with Crippen LogP contribution < -0.4 is 0 Å². The lowest BCUT2D eigenvalue weighted by molar-refractivity contribution is -0.140. The van der Waals surface area contributed by atoms with Crippen molar-refractivity contribution in [3.8, 4) is 17.2 Å². The Bertz CT molecular complexity index is 535. The van der Waals surface area contributed by atoms with Crippen molar-refractivity contribution in [2.75, 3.05) is 0 Å². The minimum atomic E-state index is -1.96. The van der Waals surface area contributed by atoms with E-state index in [1.807, 2.05) is 0 Å². The third-order valence-electron chi connectivity index (χ3n) is 3.21. The molecule has 5 atom stereocenters. The van der Waals surface area contributed by atoms with E-state index in [2.05, 4.69) is 4.74 Å². The average molecular weight is 302 g/mol. The number of phenolic OH excluding ortho intramolecular Hbond substituents is 3. The van der Waals surface area contributed by atoms with Gasteiger partial charge in [-0.15, -0.1) is 0 Å². The molecule has 1 heterocycles. The van der Waals surface area contributed by atoms with Crippen LogP contribution in [0.5, 0.6) is 17.2 Å². The van der Waals surface area contributed by atoms with Crippen LogP contribution in [0, 0.1) is 0 Å². The van der Waals surface area contributed by atoms with Gasteiger partial charge in [-0.05, 0) is 12.1 Å². The third-order valence-corrected chi connectivity index (χ3v) is 3.21. The number of hydrogen-bond acceptors (Lipinski definition) is 9. The summed E-state index contributed by atoms with van der Waals surface area (Å²) in [5.41, 5.74) is -0.359. The van der Waals surface area contributed by atoms with Crippen LogP contribution in [0.15, 0.2) is 12.1 Å². The summed E-state index contributed by atoms with van der Waals surface area (Å²) in [6.45, 7) is 0. The fraction of sp³-hybridized carbons (Fsp3) is 0.417. The standard InChI is InChI=1S/C12H14O9/c13-4-1-3(2-5(14)7(4)16)6(15)8(17)11-9(18)10(19)12(20)21-11/h1-2,8-14,16-20H/t8?,9-,10-,11+,12?/m0/s1. The molecule has 1 aromatic rings. The largest absolute Gasteiger partial charge is 0.504 e. The maximum absolute atomic E-state index is 12.0. The zero-order valence-corrected chi connectivity index (χ0v) is 10.5. The van der Waals surface area contributed by atoms with Crippen LogP contribution in [0.2, 0.25) is 0 Å². The Kier molecular flexibility index (Phi) is 4.03. The molecule has 9 heteroatoms. The molecule has 0 aliphatic carbocycles. The molecule has 21 heavy (non-hydrogen) atoms. The number of carbonyl (C=O) groups excluding carboxylic acids is 1. The Balaban J connectivity index is 2.24. The van der Waals surface area contributed by atoms with E-state index in [1.54, 1.807) is 0 Å². The van der Waals surface area contributed by atoms with Gasteiger partial charge in [0.1, 0.15) is 24.4 Å². The molecule has 0 radical (unpaired) electrons. The van der Waals surface area contributed by atoms with E-state index in [9.17, 15) is 35.4 Å². The summed E-state index contributed by atoms with van der Waals surface area (Å²) in [7, 11) is 0. The number of phenols is 3. The molecule has 0 saturated carbocycles. The van der Waals surface area contributed by atoms with Crippen LogP contribution in [0.25, 0.3) is 0 Å². The first-order valence-corrected chi connectivity index (χ1v) is 5.91. The van der Waals surface area contributed by atoms with E-state index >= 15 is 0 Å². The first-order chi connectivity index (χ1) is 9.73. The van der Waals surface area contributed by atoms with Crippen molar-refractivity contribution in [3.05, 3.63) is 17.7 Å². The predicted molar refractivity (Wildman–Crippen MR) is 64.7 cm³/mol. The van der Waals surface area contributed by atoms with Crippen molar-refractivity contribution in [2.45, 2.75) is 30.7 Å². The van der Waals surface area contributed by atoms with Gasteiger partial charge in [0.25, 0.3) is 0 Å². The number of aliphatic hydroxyl groups is 4. The Morgan fingerprint density at radius 2 is 1.57 bits per heavy atom. The van der Waals surface area contributed by atoms with E-state index in [0.717, 1.165) is 12.1 Å². The predicted octanol–water partition coefficient (Wildman–Crippen LogP) is -2.21. The molecule has 2 rings (SSSR count). The smallest absolute Gasteiger partial charge is 0.200 e. The quantitative estimate of drug-likeness (QED) is 0.242. The number of rotatable bonds is 3. The van der Waals surface area contributed by atoms with Gasteiger partial charge >= 0.3 is 0 Å². The molecule has 1 aliphatic heterocycles. The second kappa shape index (κ2) is 5.47.